The molecule has 9 heavy (non-hydrogen) atoms. The van der Waals surface area contributed by atoms with Gasteiger partial charge in [-0.2, -0.15) is 0 Å². The second-order valence-electron chi connectivity index (χ2n) is 2.62. The van der Waals surface area contributed by atoms with E-state index in [0.29, 0.717) is 3.55 Å². The Bertz CT molecular complexity index is 83.1. The standard InChI is InChI=1S/C6H13IN2/c1-6(7)2-3-8-4-5-9-6/h8-9H,2-5H2,1H3. The van der Waals surface area contributed by atoms with Crippen LogP contribution in [0.25, 0.3) is 0 Å². The molecular formula is C6H13IN2. The van der Waals surface area contributed by atoms with Gasteiger partial charge in [-0.1, -0.05) is 22.6 Å². The summed E-state index contributed by atoms with van der Waals surface area (Å²) in [5, 5.41) is 6.78. The van der Waals surface area contributed by atoms with Gasteiger partial charge < -0.3 is 10.6 Å². The van der Waals surface area contributed by atoms with Gasteiger partial charge in [-0.15, -0.1) is 0 Å². The van der Waals surface area contributed by atoms with Gasteiger partial charge in [0, 0.05) is 13.1 Å². The molecule has 0 aliphatic carbocycles. The summed E-state index contributed by atoms with van der Waals surface area (Å²) in [6.45, 7) is 5.59. The molecule has 0 saturated carbocycles. The Kier molecular flexibility index (Phi) is 2.73. The predicted octanol–water partition coefficient (Wildman–Crippen LogP) is 0.720. The number of rotatable bonds is 0. The molecule has 3 heteroatoms. The zero-order chi connectivity index (χ0) is 6.74. The van der Waals surface area contributed by atoms with E-state index in [1.165, 1.54) is 6.42 Å². The molecular weight excluding hydrogens is 227 g/mol. The first kappa shape index (κ1) is 7.75. The van der Waals surface area contributed by atoms with Crippen LogP contribution in [0.4, 0.5) is 0 Å². The van der Waals surface area contributed by atoms with E-state index < -0.39 is 0 Å². The highest BCUT2D eigenvalue weighted by Crippen LogP contribution is 2.18. The normalized spacial score (nSPS) is 38.0. The fourth-order valence-electron chi connectivity index (χ4n) is 0.948. The average molecular weight is 240 g/mol. The van der Waals surface area contributed by atoms with Crippen LogP contribution in [0.3, 0.4) is 0 Å². The van der Waals surface area contributed by atoms with Crippen LogP contribution in [0.5, 0.6) is 0 Å². The van der Waals surface area contributed by atoms with Crippen molar-refractivity contribution in [3.05, 3.63) is 0 Å². The molecule has 54 valence electrons. The molecule has 0 spiro atoms. The Morgan fingerprint density at radius 3 is 2.89 bits per heavy atom. The van der Waals surface area contributed by atoms with Crippen LogP contribution in [0.2, 0.25) is 0 Å². The molecule has 2 nitrogen and oxygen atoms in total. The van der Waals surface area contributed by atoms with Crippen molar-refractivity contribution >= 4 is 22.6 Å². The van der Waals surface area contributed by atoms with Gasteiger partial charge in [-0.25, -0.2) is 0 Å². The van der Waals surface area contributed by atoms with E-state index in [-0.39, 0.29) is 0 Å². The van der Waals surface area contributed by atoms with Gasteiger partial charge in [0.2, 0.25) is 0 Å². The lowest BCUT2D eigenvalue weighted by atomic mass is 10.2. The SMILES string of the molecule is CC1(I)CCNCCN1. The molecule has 2 N–H and O–H groups in total. The van der Waals surface area contributed by atoms with Crippen molar-refractivity contribution in [2.45, 2.75) is 16.9 Å². The number of hydrogen-bond acceptors (Lipinski definition) is 2. The molecule has 1 aliphatic rings. The molecule has 1 heterocycles. The highest BCUT2D eigenvalue weighted by atomic mass is 127. The largest absolute Gasteiger partial charge is 0.315 e. The molecule has 1 aliphatic heterocycles. The van der Waals surface area contributed by atoms with E-state index in [0.717, 1.165) is 19.6 Å². The number of halogens is 1. The average Bonchev–Trinajstić information content (AvgIpc) is 1.92. The summed E-state index contributed by atoms with van der Waals surface area (Å²) < 4.78 is 0.321. The molecule has 1 saturated heterocycles. The lowest BCUT2D eigenvalue weighted by Gasteiger charge is -2.20. The first-order chi connectivity index (χ1) is 4.21. The minimum absolute atomic E-state index is 0.321. The molecule has 0 bridgehead atoms. The molecule has 1 atom stereocenters. The molecule has 1 fully saturated rings. The van der Waals surface area contributed by atoms with Crippen LogP contribution < -0.4 is 10.6 Å². The Balaban J connectivity index is 2.36. The van der Waals surface area contributed by atoms with Gasteiger partial charge in [0.1, 0.15) is 0 Å². The van der Waals surface area contributed by atoms with Crippen molar-refractivity contribution in [3.63, 3.8) is 0 Å². The lowest BCUT2D eigenvalue weighted by molar-refractivity contribution is 0.541. The van der Waals surface area contributed by atoms with E-state index >= 15 is 0 Å². The maximum absolute atomic E-state index is 3.44. The topological polar surface area (TPSA) is 24.1 Å². The van der Waals surface area contributed by atoms with E-state index in [9.17, 15) is 0 Å². The second-order valence-corrected chi connectivity index (χ2v) is 5.01. The molecule has 0 amide bonds. The highest BCUT2D eigenvalue weighted by Gasteiger charge is 2.19. The van der Waals surface area contributed by atoms with Crippen molar-refractivity contribution in [1.82, 2.24) is 10.6 Å². The van der Waals surface area contributed by atoms with Crippen molar-refractivity contribution in [2.75, 3.05) is 19.6 Å². The quantitative estimate of drug-likeness (QED) is 0.370. The first-order valence-corrected chi connectivity index (χ1v) is 4.43. The van der Waals surface area contributed by atoms with Crippen molar-refractivity contribution in [2.24, 2.45) is 0 Å². The van der Waals surface area contributed by atoms with Crippen LogP contribution >= 0.6 is 22.6 Å². The molecule has 0 aromatic heterocycles. The summed E-state index contributed by atoms with van der Waals surface area (Å²) in [5.74, 6) is 0. The monoisotopic (exact) mass is 240 g/mol. The highest BCUT2D eigenvalue weighted by molar-refractivity contribution is 14.1. The Morgan fingerprint density at radius 1 is 1.33 bits per heavy atom. The Labute approximate surface area is 69.9 Å². The maximum Gasteiger partial charge on any atom is 0.0689 e. The first-order valence-electron chi connectivity index (χ1n) is 3.35. The summed E-state index contributed by atoms with van der Waals surface area (Å²) in [4.78, 5) is 0. The van der Waals surface area contributed by atoms with E-state index in [4.69, 9.17) is 0 Å². The van der Waals surface area contributed by atoms with Gasteiger partial charge in [-0.3, -0.25) is 0 Å². The zero-order valence-electron chi connectivity index (χ0n) is 5.71. The summed E-state index contributed by atoms with van der Waals surface area (Å²) in [6, 6.07) is 0. The van der Waals surface area contributed by atoms with E-state index in [1.54, 1.807) is 0 Å². The second kappa shape index (κ2) is 3.16. The fourth-order valence-corrected chi connectivity index (χ4v) is 1.49. The van der Waals surface area contributed by atoms with Crippen LogP contribution in [0.1, 0.15) is 13.3 Å². The maximum atomic E-state index is 3.44. The van der Waals surface area contributed by atoms with Gasteiger partial charge in [-0.05, 0) is 19.9 Å². The summed E-state index contributed by atoms with van der Waals surface area (Å²) in [5.41, 5.74) is 0. The lowest BCUT2D eigenvalue weighted by Crippen LogP contribution is -2.35. The smallest absolute Gasteiger partial charge is 0.0689 e. The minimum atomic E-state index is 0.321. The third-order valence-electron chi connectivity index (χ3n) is 1.57. The van der Waals surface area contributed by atoms with Crippen LogP contribution in [0.15, 0.2) is 0 Å². The molecule has 0 aromatic carbocycles. The summed E-state index contributed by atoms with van der Waals surface area (Å²) in [7, 11) is 0. The minimum Gasteiger partial charge on any atom is -0.315 e. The zero-order valence-corrected chi connectivity index (χ0v) is 7.86. The van der Waals surface area contributed by atoms with Crippen LogP contribution in [-0.4, -0.2) is 23.2 Å². The predicted molar refractivity (Wildman–Crippen MR) is 47.9 cm³/mol. The molecule has 1 unspecified atom stereocenters. The molecule has 0 radical (unpaired) electrons. The Morgan fingerprint density at radius 2 is 2.11 bits per heavy atom. The van der Waals surface area contributed by atoms with E-state index in [1.807, 2.05) is 0 Å². The van der Waals surface area contributed by atoms with Gasteiger partial charge in [0.25, 0.3) is 0 Å². The van der Waals surface area contributed by atoms with E-state index in [2.05, 4.69) is 40.1 Å². The fraction of sp³-hybridized carbons (Fsp3) is 1.00. The number of nitrogens with one attached hydrogen (secondary N) is 2. The van der Waals surface area contributed by atoms with Gasteiger partial charge in [0.15, 0.2) is 0 Å². The number of alkyl halides is 1. The van der Waals surface area contributed by atoms with Gasteiger partial charge >= 0.3 is 0 Å². The number of hydrogen-bond donors (Lipinski definition) is 2. The molecule has 1 rings (SSSR count). The summed E-state index contributed by atoms with van der Waals surface area (Å²) >= 11 is 2.46. The third-order valence-corrected chi connectivity index (χ3v) is 2.49. The Hall–Kier alpha value is 0.650. The summed E-state index contributed by atoms with van der Waals surface area (Å²) in [6.07, 6.45) is 1.22. The van der Waals surface area contributed by atoms with Crippen molar-refractivity contribution in [1.29, 1.82) is 0 Å². The van der Waals surface area contributed by atoms with Crippen molar-refractivity contribution in [3.8, 4) is 0 Å². The van der Waals surface area contributed by atoms with Crippen LogP contribution in [-0.2, 0) is 0 Å². The van der Waals surface area contributed by atoms with Crippen LogP contribution in [0, 0.1) is 0 Å². The third kappa shape index (κ3) is 2.82. The van der Waals surface area contributed by atoms with Crippen molar-refractivity contribution < 1.29 is 0 Å². The van der Waals surface area contributed by atoms with Gasteiger partial charge in [0.05, 0.1) is 3.55 Å². The molecule has 0 aromatic rings.